The zero-order chi connectivity index (χ0) is 18.4. The van der Waals surface area contributed by atoms with E-state index in [0.717, 1.165) is 50.9 Å². The van der Waals surface area contributed by atoms with Crippen LogP contribution in [-0.2, 0) is 16.0 Å². The van der Waals surface area contributed by atoms with E-state index in [4.69, 9.17) is 15.2 Å². The summed E-state index contributed by atoms with van der Waals surface area (Å²) >= 11 is 0. The van der Waals surface area contributed by atoms with E-state index in [1.807, 2.05) is 0 Å². The molecule has 0 radical (unpaired) electrons. The monoisotopic (exact) mass is 362 g/mol. The van der Waals surface area contributed by atoms with Crippen molar-refractivity contribution in [2.45, 2.75) is 58.3 Å². The number of nitrogen functional groups attached to an aromatic ring is 1. The average Bonchev–Trinajstić information content (AvgIpc) is 2.65. The third-order valence-corrected chi connectivity index (χ3v) is 5.12. The van der Waals surface area contributed by atoms with Gasteiger partial charge in [0.15, 0.2) is 0 Å². The Morgan fingerprint density at radius 2 is 2.19 bits per heavy atom. The highest BCUT2D eigenvalue weighted by atomic mass is 16.5. The van der Waals surface area contributed by atoms with E-state index in [2.05, 4.69) is 16.9 Å². The third kappa shape index (κ3) is 4.63. The first-order chi connectivity index (χ1) is 12.7. The average molecular weight is 362 g/mol. The van der Waals surface area contributed by atoms with E-state index >= 15 is 0 Å². The van der Waals surface area contributed by atoms with Crippen LogP contribution in [0.2, 0.25) is 0 Å². The lowest BCUT2D eigenvalue weighted by molar-refractivity contribution is -0.119. The molecule has 1 aromatic rings. The summed E-state index contributed by atoms with van der Waals surface area (Å²) in [6.07, 6.45) is 7.40. The maximum Gasteiger partial charge on any atom is 0.320 e. The Kier molecular flexibility index (Phi) is 6.66. The van der Waals surface area contributed by atoms with E-state index in [0.29, 0.717) is 43.5 Å². The molecule has 0 aliphatic carbocycles. The van der Waals surface area contributed by atoms with Crippen molar-refractivity contribution in [1.82, 2.24) is 9.97 Å². The molecule has 7 nitrogen and oxygen atoms in total. The van der Waals surface area contributed by atoms with Gasteiger partial charge in [0.1, 0.15) is 11.6 Å². The first-order valence-electron chi connectivity index (χ1n) is 9.86. The number of hydrogen-bond donors (Lipinski definition) is 1. The summed E-state index contributed by atoms with van der Waals surface area (Å²) in [6, 6.07) is 0.273. The molecule has 2 aliphatic rings. The Bertz CT molecular complexity index is 617. The number of hydrogen-bond acceptors (Lipinski definition) is 6. The molecule has 1 atom stereocenters. The van der Waals surface area contributed by atoms with Crippen LogP contribution >= 0.6 is 0 Å². The molecule has 1 unspecified atom stereocenters. The number of carbonyl (C=O) groups is 1. The molecule has 144 valence electrons. The first-order valence-corrected chi connectivity index (χ1v) is 9.86. The second-order valence-corrected chi connectivity index (χ2v) is 7.17. The minimum atomic E-state index is 0.106. The topological polar surface area (TPSA) is 90.6 Å². The van der Waals surface area contributed by atoms with E-state index in [1.54, 1.807) is 4.90 Å². The van der Waals surface area contributed by atoms with Gasteiger partial charge in [0.05, 0.1) is 6.61 Å². The lowest BCUT2D eigenvalue weighted by Crippen LogP contribution is -2.37. The van der Waals surface area contributed by atoms with Crippen molar-refractivity contribution in [3.05, 3.63) is 5.56 Å². The Balaban J connectivity index is 1.67. The molecule has 1 amide bonds. The van der Waals surface area contributed by atoms with Crippen molar-refractivity contribution < 1.29 is 14.3 Å². The van der Waals surface area contributed by atoms with Crippen LogP contribution in [0.25, 0.3) is 0 Å². The summed E-state index contributed by atoms with van der Waals surface area (Å²) in [5.74, 6) is 1.78. The number of nitrogens with zero attached hydrogens (tertiary/aromatic N) is 3. The molecule has 1 saturated heterocycles. The van der Waals surface area contributed by atoms with Gasteiger partial charge in [-0.2, -0.15) is 9.97 Å². The minimum absolute atomic E-state index is 0.106. The standard InChI is InChI=1S/C19H30N4O3/c1-2-3-12-26-19-21-17(20)15-8-9-16(24)23(18(15)22-19)10-4-6-14-7-5-11-25-13-14/h14H,2-13H2,1H3,(H2,20,21,22). The van der Waals surface area contributed by atoms with Gasteiger partial charge in [-0.1, -0.05) is 13.3 Å². The van der Waals surface area contributed by atoms with Crippen LogP contribution in [0.4, 0.5) is 11.6 Å². The number of fused-ring (bicyclic) bond motifs is 1. The number of amides is 1. The van der Waals surface area contributed by atoms with Gasteiger partial charge in [0.25, 0.3) is 0 Å². The summed E-state index contributed by atoms with van der Waals surface area (Å²) in [7, 11) is 0. The van der Waals surface area contributed by atoms with Crippen molar-refractivity contribution in [2.24, 2.45) is 5.92 Å². The van der Waals surface area contributed by atoms with Gasteiger partial charge in [-0.25, -0.2) is 0 Å². The van der Waals surface area contributed by atoms with Crippen LogP contribution in [0.5, 0.6) is 6.01 Å². The highest BCUT2D eigenvalue weighted by Gasteiger charge is 2.29. The summed E-state index contributed by atoms with van der Waals surface area (Å²) in [5, 5.41) is 0. The van der Waals surface area contributed by atoms with Gasteiger partial charge >= 0.3 is 6.01 Å². The SMILES string of the molecule is CCCCOc1nc(N)c2c(n1)N(CCCC1CCCOC1)C(=O)CC2. The molecule has 3 rings (SSSR count). The molecule has 1 fully saturated rings. The van der Waals surface area contributed by atoms with Gasteiger partial charge in [0.2, 0.25) is 5.91 Å². The summed E-state index contributed by atoms with van der Waals surface area (Å²) in [4.78, 5) is 23.0. The highest BCUT2D eigenvalue weighted by Crippen LogP contribution is 2.31. The van der Waals surface area contributed by atoms with E-state index in [1.165, 1.54) is 6.42 Å². The van der Waals surface area contributed by atoms with Crippen LogP contribution in [0.3, 0.4) is 0 Å². The van der Waals surface area contributed by atoms with Gasteiger partial charge in [0, 0.05) is 31.7 Å². The predicted octanol–water partition coefficient (Wildman–Crippen LogP) is 2.72. The largest absolute Gasteiger partial charge is 0.463 e. The van der Waals surface area contributed by atoms with Gasteiger partial charge < -0.3 is 15.2 Å². The fourth-order valence-electron chi connectivity index (χ4n) is 3.59. The maximum atomic E-state index is 12.5. The van der Waals surface area contributed by atoms with Crippen molar-refractivity contribution in [3.63, 3.8) is 0 Å². The van der Waals surface area contributed by atoms with Crippen LogP contribution in [-0.4, -0.2) is 42.2 Å². The lowest BCUT2D eigenvalue weighted by atomic mass is 9.96. The zero-order valence-corrected chi connectivity index (χ0v) is 15.7. The summed E-state index contributed by atoms with van der Waals surface area (Å²) in [5.41, 5.74) is 6.98. The number of ether oxygens (including phenoxy) is 2. The van der Waals surface area contributed by atoms with Crippen molar-refractivity contribution in [2.75, 3.05) is 37.0 Å². The third-order valence-electron chi connectivity index (χ3n) is 5.12. The number of anilines is 2. The molecular weight excluding hydrogens is 332 g/mol. The molecule has 26 heavy (non-hydrogen) atoms. The van der Waals surface area contributed by atoms with E-state index in [-0.39, 0.29) is 11.9 Å². The van der Waals surface area contributed by atoms with Gasteiger partial charge in [-0.15, -0.1) is 0 Å². The number of nitrogens with two attached hydrogens (primary N) is 1. The molecule has 1 aromatic heterocycles. The van der Waals surface area contributed by atoms with Gasteiger partial charge in [-0.05, 0) is 44.4 Å². The maximum absolute atomic E-state index is 12.5. The summed E-state index contributed by atoms with van der Waals surface area (Å²) in [6.45, 7) is 5.04. The van der Waals surface area contributed by atoms with Crippen LogP contribution in [0.15, 0.2) is 0 Å². The molecule has 7 heteroatoms. The Morgan fingerprint density at radius 1 is 1.31 bits per heavy atom. The van der Waals surface area contributed by atoms with Crippen LogP contribution in [0.1, 0.15) is 57.4 Å². The molecule has 3 heterocycles. The molecule has 0 saturated carbocycles. The van der Waals surface area contributed by atoms with E-state index in [9.17, 15) is 4.79 Å². The minimum Gasteiger partial charge on any atom is -0.463 e. The molecule has 2 aliphatic heterocycles. The normalized spacial score (nSPS) is 20.1. The smallest absolute Gasteiger partial charge is 0.320 e. The van der Waals surface area contributed by atoms with Gasteiger partial charge in [-0.3, -0.25) is 9.69 Å². The van der Waals surface area contributed by atoms with Crippen molar-refractivity contribution in [1.29, 1.82) is 0 Å². The van der Waals surface area contributed by atoms with Crippen molar-refractivity contribution >= 4 is 17.5 Å². The predicted molar refractivity (Wildman–Crippen MR) is 100 cm³/mol. The molecule has 0 spiro atoms. The number of rotatable bonds is 8. The second kappa shape index (κ2) is 9.16. The fourth-order valence-corrected chi connectivity index (χ4v) is 3.59. The Morgan fingerprint density at radius 3 is 2.96 bits per heavy atom. The Labute approximate surface area is 155 Å². The number of aromatic nitrogens is 2. The van der Waals surface area contributed by atoms with E-state index < -0.39 is 0 Å². The first kappa shape index (κ1) is 18.9. The number of unbranched alkanes of at least 4 members (excludes halogenated alkanes) is 1. The zero-order valence-electron chi connectivity index (χ0n) is 15.7. The molecule has 0 bridgehead atoms. The molecule has 2 N–H and O–H groups in total. The second-order valence-electron chi connectivity index (χ2n) is 7.17. The Hall–Kier alpha value is -1.89. The quantitative estimate of drug-likeness (QED) is 0.715. The lowest BCUT2D eigenvalue weighted by Gasteiger charge is -2.30. The van der Waals surface area contributed by atoms with Crippen molar-refractivity contribution in [3.8, 4) is 6.01 Å². The summed E-state index contributed by atoms with van der Waals surface area (Å²) < 4.78 is 11.2. The van der Waals surface area contributed by atoms with Crippen LogP contribution in [0, 0.1) is 5.92 Å². The molecule has 0 aromatic carbocycles. The fraction of sp³-hybridized carbons (Fsp3) is 0.737. The molecular formula is C19H30N4O3. The van der Waals surface area contributed by atoms with Crippen LogP contribution < -0.4 is 15.4 Å². The highest BCUT2D eigenvalue weighted by molar-refractivity contribution is 5.96. The number of carbonyl (C=O) groups excluding carboxylic acids is 1.